The molecule has 14 heavy (non-hydrogen) atoms. The van der Waals surface area contributed by atoms with E-state index in [1.54, 1.807) is 0 Å². The normalized spacial score (nSPS) is 11.4. The van der Waals surface area contributed by atoms with Gasteiger partial charge >= 0.3 is 0 Å². The van der Waals surface area contributed by atoms with Gasteiger partial charge in [-0.1, -0.05) is 26.0 Å². The molecule has 0 aliphatic heterocycles. The summed E-state index contributed by atoms with van der Waals surface area (Å²) in [4.78, 5) is 4.30. The summed E-state index contributed by atoms with van der Waals surface area (Å²) in [5, 5.41) is 0. The Kier molecular flexibility index (Phi) is 1.95. The molecule has 0 fully saturated rings. The smallest absolute Gasteiger partial charge is 0.200 e. The van der Waals surface area contributed by atoms with E-state index in [2.05, 4.69) is 24.9 Å². The van der Waals surface area contributed by atoms with Crippen LogP contribution in [0.4, 0.5) is 5.95 Å². The average molecular weight is 189 g/mol. The van der Waals surface area contributed by atoms with E-state index >= 15 is 0 Å². The molecule has 0 bridgehead atoms. The Hall–Kier alpha value is -1.51. The largest absolute Gasteiger partial charge is 0.369 e. The SMILES string of the molecule is CC(C)c1cccc2nc(N)n(C)c12. The lowest BCUT2D eigenvalue weighted by molar-refractivity contribution is 0.858. The first kappa shape index (κ1) is 9.06. The van der Waals surface area contributed by atoms with Gasteiger partial charge in [0, 0.05) is 7.05 Å². The van der Waals surface area contributed by atoms with Gasteiger partial charge in [0.1, 0.15) is 0 Å². The second-order valence-electron chi connectivity index (χ2n) is 3.90. The van der Waals surface area contributed by atoms with Crippen molar-refractivity contribution < 1.29 is 0 Å². The van der Waals surface area contributed by atoms with E-state index in [9.17, 15) is 0 Å². The number of imidazole rings is 1. The molecule has 0 unspecified atom stereocenters. The zero-order chi connectivity index (χ0) is 10.3. The molecule has 0 saturated carbocycles. The number of para-hydroxylation sites is 1. The number of nitrogens with two attached hydrogens (primary N) is 1. The van der Waals surface area contributed by atoms with E-state index in [1.807, 2.05) is 23.7 Å². The van der Waals surface area contributed by atoms with Crippen LogP contribution < -0.4 is 5.73 Å². The maximum absolute atomic E-state index is 5.77. The van der Waals surface area contributed by atoms with Gasteiger partial charge in [0.15, 0.2) is 0 Å². The van der Waals surface area contributed by atoms with Crippen LogP contribution in [0.2, 0.25) is 0 Å². The molecule has 0 radical (unpaired) electrons. The Morgan fingerprint density at radius 1 is 1.36 bits per heavy atom. The summed E-state index contributed by atoms with van der Waals surface area (Å²) in [6.45, 7) is 4.36. The van der Waals surface area contributed by atoms with E-state index in [0.717, 1.165) is 11.0 Å². The van der Waals surface area contributed by atoms with Gasteiger partial charge in [0.05, 0.1) is 11.0 Å². The van der Waals surface area contributed by atoms with Crippen LogP contribution in [0.25, 0.3) is 11.0 Å². The summed E-state index contributed by atoms with van der Waals surface area (Å²) in [6.07, 6.45) is 0. The fourth-order valence-corrected chi connectivity index (χ4v) is 1.78. The highest BCUT2D eigenvalue weighted by atomic mass is 15.1. The van der Waals surface area contributed by atoms with Crippen LogP contribution in [-0.4, -0.2) is 9.55 Å². The molecule has 2 rings (SSSR count). The standard InChI is InChI=1S/C11H15N3/c1-7(2)8-5-4-6-9-10(8)14(3)11(12)13-9/h4-7H,1-3H3,(H2,12,13). The highest BCUT2D eigenvalue weighted by Crippen LogP contribution is 2.25. The maximum Gasteiger partial charge on any atom is 0.200 e. The van der Waals surface area contributed by atoms with Crippen LogP contribution in [0.1, 0.15) is 25.3 Å². The maximum atomic E-state index is 5.77. The van der Waals surface area contributed by atoms with Crippen molar-refractivity contribution in [3.8, 4) is 0 Å². The summed E-state index contributed by atoms with van der Waals surface area (Å²) in [6, 6.07) is 6.16. The lowest BCUT2D eigenvalue weighted by Gasteiger charge is -2.08. The predicted molar refractivity (Wildman–Crippen MR) is 59.2 cm³/mol. The highest BCUT2D eigenvalue weighted by molar-refractivity contribution is 5.82. The van der Waals surface area contributed by atoms with E-state index in [4.69, 9.17) is 5.73 Å². The van der Waals surface area contributed by atoms with E-state index < -0.39 is 0 Å². The zero-order valence-electron chi connectivity index (χ0n) is 8.78. The van der Waals surface area contributed by atoms with Crippen LogP contribution in [0, 0.1) is 0 Å². The topological polar surface area (TPSA) is 43.8 Å². The van der Waals surface area contributed by atoms with Crippen LogP contribution in [0.3, 0.4) is 0 Å². The first-order chi connectivity index (χ1) is 6.61. The summed E-state index contributed by atoms with van der Waals surface area (Å²) in [5.74, 6) is 1.07. The third-order valence-electron chi connectivity index (χ3n) is 2.58. The van der Waals surface area contributed by atoms with Gasteiger partial charge in [-0.15, -0.1) is 0 Å². The average Bonchev–Trinajstić information content (AvgIpc) is 2.43. The Morgan fingerprint density at radius 2 is 2.07 bits per heavy atom. The lowest BCUT2D eigenvalue weighted by atomic mass is 10.0. The minimum Gasteiger partial charge on any atom is -0.369 e. The molecular weight excluding hydrogens is 174 g/mol. The molecule has 2 N–H and O–H groups in total. The van der Waals surface area contributed by atoms with Crippen molar-refractivity contribution in [1.29, 1.82) is 0 Å². The van der Waals surface area contributed by atoms with Crippen LogP contribution in [0.15, 0.2) is 18.2 Å². The van der Waals surface area contributed by atoms with E-state index in [1.165, 1.54) is 5.56 Å². The summed E-state index contributed by atoms with van der Waals surface area (Å²) in [5.41, 5.74) is 9.21. The molecule has 0 atom stereocenters. The molecule has 0 amide bonds. The highest BCUT2D eigenvalue weighted by Gasteiger charge is 2.10. The Morgan fingerprint density at radius 3 is 2.71 bits per heavy atom. The first-order valence-electron chi connectivity index (χ1n) is 4.82. The predicted octanol–water partition coefficient (Wildman–Crippen LogP) is 2.28. The van der Waals surface area contributed by atoms with Crippen molar-refractivity contribution in [2.75, 3.05) is 5.73 Å². The van der Waals surface area contributed by atoms with E-state index in [-0.39, 0.29) is 0 Å². The van der Waals surface area contributed by atoms with Crippen molar-refractivity contribution in [2.45, 2.75) is 19.8 Å². The summed E-state index contributed by atoms with van der Waals surface area (Å²) in [7, 11) is 1.95. The lowest BCUT2D eigenvalue weighted by Crippen LogP contribution is -1.99. The van der Waals surface area contributed by atoms with Crippen molar-refractivity contribution in [1.82, 2.24) is 9.55 Å². The molecule has 1 heterocycles. The number of benzene rings is 1. The van der Waals surface area contributed by atoms with Crippen molar-refractivity contribution in [3.05, 3.63) is 23.8 Å². The summed E-state index contributed by atoms with van der Waals surface area (Å²) < 4.78 is 1.95. The van der Waals surface area contributed by atoms with Gasteiger partial charge in [-0.2, -0.15) is 0 Å². The van der Waals surface area contributed by atoms with Gasteiger partial charge in [0.2, 0.25) is 5.95 Å². The fraction of sp³-hybridized carbons (Fsp3) is 0.364. The van der Waals surface area contributed by atoms with Gasteiger partial charge in [-0.3, -0.25) is 0 Å². The number of nitrogens with zero attached hydrogens (tertiary/aromatic N) is 2. The van der Waals surface area contributed by atoms with Crippen molar-refractivity contribution >= 4 is 17.0 Å². The number of aryl methyl sites for hydroxylation is 1. The number of rotatable bonds is 1. The molecule has 3 nitrogen and oxygen atoms in total. The zero-order valence-corrected chi connectivity index (χ0v) is 8.78. The second-order valence-corrected chi connectivity index (χ2v) is 3.90. The number of hydrogen-bond acceptors (Lipinski definition) is 2. The van der Waals surface area contributed by atoms with Crippen molar-refractivity contribution in [2.24, 2.45) is 7.05 Å². The quantitative estimate of drug-likeness (QED) is 0.748. The van der Waals surface area contributed by atoms with Gasteiger partial charge in [-0.05, 0) is 17.5 Å². The first-order valence-corrected chi connectivity index (χ1v) is 4.82. The molecular formula is C11H15N3. The molecule has 2 aromatic rings. The molecule has 74 valence electrons. The molecule has 0 spiro atoms. The molecule has 0 aliphatic carbocycles. The van der Waals surface area contributed by atoms with Gasteiger partial charge < -0.3 is 10.3 Å². The van der Waals surface area contributed by atoms with Gasteiger partial charge in [0.25, 0.3) is 0 Å². The molecule has 0 saturated heterocycles. The fourth-order valence-electron chi connectivity index (χ4n) is 1.78. The number of fused-ring (bicyclic) bond motifs is 1. The number of hydrogen-bond donors (Lipinski definition) is 1. The second kappa shape index (κ2) is 3.01. The molecule has 1 aromatic heterocycles. The van der Waals surface area contributed by atoms with Crippen molar-refractivity contribution in [3.63, 3.8) is 0 Å². The third kappa shape index (κ3) is 1.16. The monoisotopic (exact) mass is 189 g/mol. The third-order valence-corrected chi connectivity index (χ3v) is 2.58. The minimum atomic E-state index is 0.494. The minimum absolute atomic E-state index is 0.494. The van der Waals surface area contributed by atoms with Crippen LogP contribution >= 0.6 is 0 Å². The number of anilines is 1. The Labute approximate surface area is 83.6 Å². The Balaban J connectivity index is 2.84. The molecule has 3 heteroatoms. The number of nitrogen functional groups attached to an aromatic ring is 1. The van der Waals surface area contributed by atoms with E-state index in [0.29, 0.717) is 11.9 Å². The Bertz CT molecular complexity index is 469. The molecule has 0 aliphatic rings. The van der Waals surface area contributed by atoms with Crippen LogP contribution in [-0.2, 0) is 7.05 Å². The van der Waals surface area contributed by atoms with Crippen LogP contribution in [0.5, 0.6) is 0 Å². The summed E-state index contributed by atoms with van der Waals surface area (Å²) >= 11 is 0. The number of aromatic nitrogens is 2. The molecule has 1 aromatic carbocycles. The van der Waals surface area contributed by atoms with Gasteiger partial charge in [-0.25, -0.2) is 4.98 Å².